The molecule has 0 aromatic rings. The topological polar surface area (TPSA) is 24.5 Å². The highest BCUT2D eigenvalue weighted by Gasteiger charge is 2.31. The van der Waals surface area contributed by atoms with Gasteiger partial charge in [0.15, 0.2) is 0 Å². The van der Waals surface area contributed by atoms with Crippen LogP contribution in [0.2, 0.25) is 0 Å². The molecule has 2 aliphatic heterocycles. The molecule has 2 fully saturated rings. The van der Waals surface area contributed by atoms with E-state index < -0.39 is 0 Å². The molecule has 3 heteroatoms. The van der Waals surface area contributed by atoms with Gasteiger partial charge in [-0.1, -0.05) is 0 Å². The van der Waals surface area contributed by atoms with Crippen LogP contribution in [-0.2, 0) is 4.74 Å². The molecule has 2 rings (SSSR count). The standard InChI is InChI=1S/C11H22N2O/c1-9(10-3-5-12-7-10)13-6-4-11(8-13)14-2/h9-12H,3-8H2,1-2H3. The number of nitrogens with zero attached hydrogens (tertiary/aromatic N) is 1. The molecule has 0 spiro atoms. The molecule has 2 saturated heterocycles. The Morgan fingerprint density at radius 3 is 2.86 bits per heavy atom. The molecule has 3 atom stereocenters. The van der Waals surface area contributed by atoms with Crippen LogP contribution in [0, 0.1) is 5.92 Å². The summed E-state index contributed by atoms with van der Waals surface area (Å²) in [6.07, 6.45) is 3.03. The summed E-state index contributed by atoms with van der Waals surface area (Å²) in [6.45, 7) is 7.13. The van der Waals surface area contributed by atoms with Crippen molar-refractivity contribution in [3.05, 3.63) is 0 Å². The van der Waals surface area contributed by atoms with E-state index in [0.29, 0.717) is 6.10 Å². The van der Waals surface area contributed by atoms with Crippen LogP contribution in [0.15, 0.2) is 0 Å². The third-order valence-corrected chi connectivity index (χ3v) is 3.87. The Hall–Kier alpha value is -0.120. The number of hydrogen-bond donors (Lipinski definition) is 1. The Kier molecular flexibility index (Phi) is 3.42. The number of nitrogens with one attached hydrogen (secondary N) is 1. The van der Waals surface area contributed by atoms with Crippen molar-refractivity contribution in [2.45, 2.75) is 31.9 Å². The lowest BCUT2D eigenvalue weighted by atomic mass is 9.99. The molecule has 2 aliphatic rings. The average Bonchev–Trinajstić information content (AvgIpc) is 2.88. The zero-order chi connectivity index (χ0) is 9.97. The highest BCUT2D eigenvalue weighted by Crippen LogP contribution is 2.22. The van der Waals surface area contributed by atoms with Gasteiger partial charge in [-0.25, -0.2) is 0 Å². The highest BCUT2D eigenvalue weighted by molar-refractivity contribution is 4.86. The summed E-state index contributed by atoms with van der Waals surface area (Å²) in [7, 11) is 1.83. The van der Waals surface area contributed by atoms with Crippen molar-refractivity contribution in [1.82, 2.24) is 10.2 Å². The van der Waals surface area contributed by atoms with Crippen molar-refractivity contribution in [2.75, 3.05) is 33.3 Å². The van der Waals surface area contributed by atoms with Gasteiger partial charge >= 0.3 is 0 Å². The molecule has 0 radical (unpaired) electrons. The van der Waals surface area contributed by atoms with E-state index in [1.165, 1.54) is 32.5 Å². The minimum atomic E-state index is 0.479. The highest BCUT2D eigenvalue weighted by atomic mass is 16.5. The summed E-state index contributed by atoms with van der Waals surface area (Å²) >= 11 is 0. The van der Waals surface area contributed by atoms with Crippen LogP contribution >= 0.6 is 0 Å². The van der Waals surface area contributed by atoms with Crippen LogP contribution in [0.4, 0.5) is 0 Å². The monoisotopic (exact) mass is 198 g/mol. The third kappa shape index (κ3) is 2.10. The average molecular weight is 198 g/mol. The van der Waals surface area contributed by atoms with E-state index in [-0.39, 0.29) is 0 Å². The zero-order valence-corrected chi connectivity index (χ0v) is 9.33. The summed E-state index contributed by atoms with van der Waals surface area (Å²) < 4.78 is 5.40. The van der Waals surface area contributed by atoms with Crippen LogP contribution in [0.25, 0.3) is 0 Å². The molecule has 82 valence electrons. The van der Waals surface area contributed by atoms with Crippen LogP contribution in [-0.4, -0.2) is 50.3 Å². The van der Waals surface area contributed by atoms with Crippen molar-refractivity contribution in [3.63, 3.8) is 0 Å². The SMILES string of the molecule is COC1CCN(C(C)C2CCNC2)C1. The van der Waals surface area contributed by atoms with Gasteiger partial charge in [-0.3, -0.25) is 4.90 Å². The second-order valence-corrected chi connectivity index (χ2v) is 4.63. The molecular weight excluding hydrogens is 176 g/mol. The maximum atomic E-state index is 5.40. The molecule has 1 N–H and O–H groups in total. The minimum absolute atomic E-state index is 0.479. The predicted octanol–water partition coefficient (Wildman–Crippen LogP) is 0.705. The molecule has 2 heterocycles. The molecular formula is C11H22N2O. The Morgan fingerprint density at radius 2 is 2.29 bits per heavy atom. The first-order chi connectivity index (χ1) is 6.81. The molecule has 0 saturated carbocycles. The van der Waals surface area contributed by atoms with E-state index in [0.717, 1.165) is 18.5 Å². The molecule has 0 bridgehead atoms. The van der Waals surface area contributed by atoms with Gasteiger partial charge in [0.05, 0.1) is 6.10 Å². The largest absolute Gasteiger partial charge is 0.380 e. The van der Waals surface area contributed by atoms with Gasteiger partial charge in [-0.2, -0.15) is 0 Å². The van der Waals surface area contributed by atoms with Crippen LogP contribution < -0.4 is 5.32 Å². The van der Waals surface area contributed by atoms with Gasteiger partial charge < -0.3 is 10.1 Å². The third-order valence-electron chi connectivity index (χ3n) is 3.87. The van der Waals surface area contributed by atoms with Crippen LogP contribution in [0.1, 0.15) is 19.8 Å². The summed E-state index contributed by atoms with van der Waals surface area (Å²) in [6, 6.07) is 0.727. The van der Waals surface area contributed by atoms with E-state index in [9.17, 15) is 0 Å². The first kappa shape index (κ1) is 10.4. The van der Waals surface area contributed by atoms with Gasteiger partial charge in [-0.05, 0) is 38.8 Å². The fourth-order valence-electron chi connectivity index (χ4n) is 2.70. The normalized spacial score (nSPS) is 36.4. The predicted molar refractivity (Wildman–Crippen MR) is 57.4 cm³/mol. The van der Waals surface area contributed by atoms with E-state index >= 15 is 0 Å². The number of methoxy groups -OCH3 is 1. The van der Waals surface area contributed by atoms with Gasteiger partial charge in [-0.15, -0.1) is 0 Å². The van der Waals surface area contributed by atoms with Crippen molar-refractivity contribution in [1.29, 1.82) is 0 Å². The number of ether oxygens (including phenoxy) is 1. The molecule has 0 amide bonds. The molecule has 3 unspecified atom stereocenters. The Morgan fingerprint density at radius 1 is 1.43 bits per heavy atom. The fourth-order valence-corrected chi connectivity index (χ4v) is 2.70. The first-order valence-corrected chi connectivity index (χ1v) is 5.79. The first-order valence-electron chi connectivity index (χ1n) is 5.79. The summed E-state index contributed by atoms with van der Waals surface area (Å²) in [4.78, 5) is 2.59. The molecule has 0 aliphatic carbocycles. The van der Waals surface area contributed by atoms with Gasteiger partial charge in [0.1, 0.15) is 0 Å². The lowest BCUT2D eigenvalue weighted by molar-refractivity contribution is 0.0961. The summed E-state index contributed by atoms with van der Waals surface area (Å²) in [5.41, 5.74) is 0. The number of likely N-dealkylation sites (tertiary alicyclic amines) is 1. The number of hydrogen-bond acceptors (Lipinski definition) is 3. The lowest BCUT2D eigenvalue weighted by Crippen LogP contribution is -2.38. The van der Waals surface area contributed by atoms with E-state index in [2.05, 4.69) is 17.1 Å². The second kappa shape index (κ2) is 4.60. The lowest BCUT2D eigenvalue weighted by Gasteiger charge is -2.28. The maximum absolute atomic E-state index is 5.40. The molecule has 3 nitrogen and oxygen atoms in total. The number of rotatable bonds is 3. The van der Waals surface area contributed by atoms with Crippen molar-refractivity contribution in [3.8, 4) is 0 Å². The molecule has 0 aromatic carbocycles. The second-order valence-electron chi connectivity index (χ2n) is 4.63. The fraction of sp³-hybridized carbons (Fsp3) is 1.00. The maximum Gasteiger partial charge on any atom is 0.0710 e. The van der Waals surface area contributed by atoms with Crippen molar-refractivity contribution < 1.29 is 4.74 Å². The smallest absolute Gasteiger partial charge is 0.0710 e. The van der Waals surface area contributed by atoms with E-state index in [1.807, 2.05) is 7.11 Å². The Balaban J connectivity index is 1.83. The summed E-state index contributed by atoms with van der Waals surface area (Å²) in [5, 5.41) is 3.44. The van der Waals surface area contributed by atoms with Gasteiger partial charge in [0, 0.05) is 26.2 Å². The molecule has 0 aromatic heterocycles. The van der Waals surface area contributed by atoms with Gasteiger partial charge in [0.25, 0.3) is 0 Å². The Labute approximate surface area is 86.8 Å². The van der Waals surface area contributed by atoms with E-state index in [4.69, 9.17) is 4.74 Å². The van der Waals surface area contributed by atoms with Crippen LogP contribution in [0.3, 0.4) is 0 Å². The van der Waals surface area contributed by atoms with Crippen molar-refractivity contribution >= 4 is 0 Å². The Bertz CT molecular complexity index is 180. The zero-order valence-electron chi connectivity index (χ0n) is 9.33. The van der Waals surface area contributed by atoms with Gasteiger partial charge in [0.2, 0.25) is 0 Å². The minimum Gasteiger partial charge on any atom is -0.380 e. The van der Waals surface area contributed by atoms with E-state index in [1.54, 1.807) is 0 Å². The quantitative estimate of drug-likeness (QED) is 0.722. The van der Waals surface area contributed by atoms with Crippen molar-refractivity contribution in [2.24, 2.45) is 5.92 Å². The summed E-state index contributed by atoms with van der Waals surface area (Å²) in [5.74, 6) is 0.852. The molecule has 14 heavy (non-hydrogen) atoms. The van der Waals surface area contributed by atoms with Crippen LogP contribution in [0.5, 0.6) is 0 Å².